The smallest absolute Gasteiger partial charge is 0.236 e. The third-order valence-corrected chi connectivity index (χ3v) is 4.31. The molecule has 0 saturated carbocycles. The van der Waals surface area contributed by atoms with E-state index in [0.29, 0.717) is 13.0 Å². The van der Waals surface area contributed by atoms with Crippen molar-refractivity contribution in [2.75, 3.05) is 26.2 Å². The van der Waals surface area contributed by atoms with Gasteiger partial charge in [0.05, 0.1) is 37.6 Å². The molecule has 1 heterocycles. The van der Waals surface area contributed by atoms with E-state index in [1.807, 2.05) is 17.0 Å². The molecule has 1 fully saturated rings. The third kappa shape index (κ3) is 5.25. The average molecular weight is 344 g/mol. The summed E-state index contributed by atoms with van der Waals surface area (Å²) in [5.74, 6) is -0.504. The molecule has 0 spiro atoms. The molecule has 1 aromatic rings. The minimum Gasteiger partial charge on any atom is -0.392 e. The second-order valence-corrected chi connectivity index (χ2v) is 6.08. The average Bonchev–Trinajstić information content (AvgIpc) is 2.96. The summed E-state index contributed by atoms with van der Waals surface area (Å²) in [7, 11) is 0. The maximum atomic E-state index is 13.1. The first-order chi connectivity index (χ1) is 12.0. The van der Waals surface area contributed by atoms with Crippen molar-refractivity contribution in [3.05, 3.63) is 35.6 Å². The van der Waals surface area contributed by atoms with Crippen LogP contribution in [-0.2, 0) is 4.79 Å². The molecule has 0 unspecified atom stereocenters. The summed E-state index contributed by atoms with van der Waals surface area (Å²) in [5, 5.41) is 27.4. The highest BCUT2D eigenvalue weighted by Crippen LogP contribution is 2.32. The number of hydrogen-bond donors (Lipinski definition) is 1. The number of likely N-dealkylation sites (tertiary alicyclic amines) is 1. The summed E-state index contributed by atoms with van der Waals surface area (Å²) in [6.07, 6.45) is 0.354. The molecule has 7 heteroatoms. The Morgan fingerprint density at radius 3 is 2.40 bits per heavy atom. The number of nitrogens with zero attached hydrogens (tertiary/aromatic N) is 4. The Kier molecular flexibility index (Phi) is 6.88. The fourth-order valence-corrected chi connectivity index (χ4v) is 3.09. The number of β-amino-alcohol motifs (C(OH)–C–C–N with tert-alkyl or cyclic N) is 1. The van der Waals surface area contributed by atoms with Crippen molar-refractivity contribution >= 4 is 5.91 Å². The molecule has 1 aliphatic heterocycles. The van der Waals surface area contributed by atoms with Gasteiger partial charge in [-0.05, 0) is 24.1 Å². The van der Waals surface area contributed by atoms with E-state index in [-0.39, 0.29) is 50.2 Å². The zero-order valence-corrected chi connectivity index (χ0v) is 13.9. The van der Waals surface area contributed by atoms with E-state index in [1.165, 1.54) is 17.0 Å². The second kappa shape index (κ2) is 9.12. The molecule has 2 atom stereocenters. The Labute approximate surface area is 146 Å². The first-order valence-corrected chi connectivity index (χ1v) is 8.24. The van der Waals surface area contributed by atoms with Crippen LogP contribution in [0.5, 0.6) is 0 Å². The van der Waals surface area contributed by atoms with Crippen LogP contribution in [0.25, 0.3) is 0 Å². The topological polar surface area (TPSA) is 91.4 Å². The van der Waals surface area contributed by atoms with Gasteiger partial charge in [-0.1, -0.05) is 12.1 Å². The van der Waals surface area contributed by atoms with Crippen LogP contribution >= 0.6 is 0 Å². The van der Waals surface area contributed by atoms with Crippen LogP contribution < -0.4 is 0 Å². The van der Waals surface area contributed by atoms with Gasteiger partial charge in [-0.3, -0.25) is 9.69 Å². The van der Waals surface area contributed by atoms with Gasteiger partial charge in [-0.15, -0.1) is 0 Å². The van der Waals surface area contributed by atoms with Crippen molar-refractivity contribution in [1.82, 2.24) is 9.80 Å². The summed E-state index contributed by atoms with van der Waals surface area (Å²) in [6, 6.07) is 9.91. The maximum absolute atomic E-state index is 13.1. The van der Waals surface area contributed by atoms with Crippen molar-refractivity contribution in [3.63, 3.8) is 0 Å². The monoisotopic (exact) mass is 344 g/mol. The number of amides is 1. The van der Waals surface area contributed by atoms with Crippen molar-refractivity contribution in [2.24, 2.45) is 0 Å². The van der Waals surface area contributed by atoms with Crippen LogP contribution in [0.4, 0.5) is 4.39 Å². The zero-order chi connectivity index (χ0) is 18.2. The van der Waals surface area contributed by atoms with Gasteiger partial charge in [0.15, 0.2) is 0 Å². The standard InChI is InChI=1S/C18H21FN4O2/c19-15-5-3-14(4-6-15)17-11-16(24)12-23(17)13-18(25)22(9-1-7-20)10-2-8-21/h3-6,16-17,24H,1-2,9-13H2/t16-,17-/m1/s1. The summed E-state index contributed by atoms with van der Waals surface area (Å²) >= 11 is 0. The summed E-state index contributed by atoms with van der Waals surface area (Å²) in [6.45, 7) is 1.03. The van der Waals surface area contributed by atoms with Gasteiger partial charge in [0.25, 0.3) is 0 Å². The largest absolute Gasteiger partial charge is 0.392 e. The number of nitriles is 2. The Balaban J connectivity index is 2.06. The zero-order valence-electron chi connectivity index (χ0n) is 13.9. The van der Waals surface area contributed by atoms with E-state index in [1.54, 1.807) is 12.1 Å². The number of carbonyl (C=O) groups excluding carboxylic acids is 1. The molecule has 6 nitrogen and oxygen atoms in total. The van der Waals surface area contributed by atoms with Crippen LogP contribution in [0, 0.1) is 28.5 Å². The molecule has 25 heavy (non-hydrogen) atoms. The summed E-state index contributed by atoms with van der Waals surface area (Å²) in [4.78, 5) is 16.0. The molecular formula is C18H21FN4O2. The van der Waals surface area contributed by atoms with Gasteiger partial charge in [-0.25, -0.2) is 4.39 Å². The van der Waals surface area contributed by atoms with Gasteiger partial charge in [0.1, 0.15) is 5.82 Å². The molecular weight excluding hydrogens is 323 g/mol. The Morgan fingerprint density at radius 1 is 1.24 bits per heavy atom. The normalized spacial score (nSPS) is 20.0. The minimum absolute atomic E-state index is 0.0932. The van der Waals surface area contributed by atoms with Crippen molar-refractivity contribution in [1.29, 1.82) is 10.5 Å². The van der Waals surface area contributed by atoms with Gasteiger partial charge < -0.3 is 10.0 Å². The molecule has 1 amide bonds. The predicted octanol–water partition coefficient (Wildman–Crippen LogP) is 1.59. The number of aliphatic hydroxyl groups is 1. The third-order valence-electron chi connectivity index (χ3n) is 4.31. The van der Waals surface area contributed by atoms with Gasteiger partial charge >= 0.3 is 0 Å². The van der Waals surface area contributed by atoms with E-state index < -0.39 is 6.10 Å². The lowest BCUT2D eigenvalue weighted by Gasteiger charge is -2.28. The molecule has 1 aliphatic rings. The Morgan fingerprint density at radius 2 is 1.84 bits per heavy atom. The van der Waals surface area contributed by atoms with Crippen LogP contribution in [-0.4, -0.2) is 53.1 Å². The molecule has 0 bridgehead atoms. The number of rotatable bonds is 7. The van der Waals surface area contributed by atoms with E-state index in [9.17, 15) is 14.3 Å². The lowest BCUT2D eigenvalue weighted by atomic mass is 10.0. The molecule has 1 N–H and O–H groups in total. The SMILES string of the molecule is N#CCCN(CCC#N)C(=O)CN1C[C@H](O)C[C@@H]1c1ccc(F)cc1. The molecule has 2 rings (SSSR count). The molecule has 1 aromatic carbocycles. The van der Waals surface area contributed by atoms with Crippen molar-refractivity contribution in [2.45, 2.75) is 31.4 Å². The lowest BCUT2D eigenvalue weighted by Crippen LogP contribution is -2.41. The van der Waals surface area contributed by atoms with E-state index in [2.05, 4.69) is 0 Å². The molecule has 1 saturated heterocycles. The predicted molar refractivity (Wildman–Crippen MR) is 88.4 cm³/mol. The van der Waals surface area contributed by atoms with E-state index >= 15 is 0 Å². The van der Waals surface area contributed by atoms with Crippen LogP contribution in [0.3, 0.4) is 0 Å². The second-order valence-electron chi connectivity index (χ2n) is 6.08. The summed E-state index contributed by atoms with van der Waals surface area (Å²) in [5.41, 5.74) is 0.853. The molecule has 0 aliphatic carbocycles. The van der Waals surface area contributed by atoms with Gasteiger partial charge in [-0.2, -0.15) is 10.5 Å². The number of benzene rings is 1. The lowest BCUT2D eigenvalue weighted by molar-refractivity contribution is -0.132. The van der Waals surface area contributed by atoms with E-state index in [0.717, 1.165) is 5.56 Å². The van der Waals surface area contributed by atoms with E-state index in [4.69, 9.17) is 10.5 Å². The van der Waals surface area contributed by atoms with Crippen LogP contribution in [0.2, 0.25) is 0 Å². The number of hydrogen-bond acceptors (Lipinski definition) is 5. The number of aliphatic hydroxyl groups excluding tert-OH is 1. The highest BCUT2D eigenvalue weighted by Gasteiger charge is 2.34. The molecule has 0 radical (unpaired) electrons. The maximum Gasteiger partial charge on any atom is 0.236 e. The number of halogens is 1. The Hall–Kier alpha value is -2.48. The van der Waals surface area contributed by atoms with Crippen molar-refractivity contribution in [3.8, 4) is 12.1 Å². The van der Waals surface area contributed by atoms with Crippen LogP contribution in [0.1, 0.15) is 30.9 Å². The van der Waals surface area contributed by atoms with Crippen molar-refractivity contribution < 1.29 is 14.3 Å². The van der Waals surface area contributed by atoms with Crippen LogP contribution in [0.15, 0.2) is 24.3 Å². The van der Waals surface area contributed by atoms with Gasteiger partial charge in [0, 0.05) is 25.7 Å². The first kappa shape index (κ1) is 18.9. The molecule has 0 aromatic heterocycles. The highest BCUT2D eigenvalue weighted by molar-refractivity contribution is 5.78. The van der Waals surface area contributed by atoms with Gasteiger partial charge in [0.2, 0.25) is 5.91 Å². The Bertz CT molecular complexity index is 647. The fourth-order valence-electron chi connectivity index (χ4n) is 3.09. The minimum atomic E-state index is -0.547. The molecule has 132 valence electrons. The first-order valence-electron chi connectivity index (χ1n) is 8.24. The fraction of sp³-hybridized carbons (Fsp3) is 0.500. The number of carbonyl (C=O) groups is 1. The quantitative estimate of drug-likeness (QED) is 0.811. The summed E-state index contributed by atoms with van der Waals surface area (Å²) < 4.78 is 13.1. The highest BCUT2D eigenvalue weighted by atomic mass is 19.1.